The monoisotopic (exact) mass is 339 g/mol. The number of nitrogens with zero attached hydrogens (tertiary/aromatic N) is 4. The van der Waals surface area contributed by atoms with Crippen LogP contribution in [0.25, 0.3) is 0 Å². The average molecular weight is 339 g/mol. The van der Waals surface area contributed by atoms with E-state index in [1.807, 2.05) is 0 Å². The van der Waals surface area contributed by atoms with E-state index in [0.717, 1.165) is 11.0 Å². The number of rotatable bonds is 6. The predicted molar refractivity (Wildman–Crippen MR) is 90.8 cm³/mol. The van der Waals surface area contributed by atoms with Gasteiger partial charge in [-0.15, -0.1) is 10.2 Å². The first-order valence-electron chi connectivity index (χ1n) is 8.13. The summed E-state index contributed by atoms with van der Waals surface area (Å²) in [6.45, 7) is 0. The molecule has 0 aliphatic heterocycles. The van der Waals surface area contributed by atoms with Crippen molar-refractivity contribution in [3.63, 3.8) is 0 Å². The van der Waals surface area contributed by atoms with Crippen molar-refractivity contribution in [1.82, 2.24) is 14.8 Å². The number of nitriles is 1. The summed E-state index contributed by atoms with van der Waals surface area (Å²) in [5, 5.41) is 21.4. The number of hydrogen-bond acceptors (Lipinski definition) is 5. The lowest BCUT2D eigenvalue weighted by Gasteiger charge is -2.09. The van der Waals surface area contributed by atoms with Gasteiger partial charge < -0.3 is 9.88 Å². The molecule has 0 radical (unpaired) electrons. The largest absolute Gasteiger partial charge is 0.324 e. The molecule has 1 aromatic heterocycles. The fraction of sp³-hybridized carbons (Fsp3) is 0.412. The van der Waals surface area contributed by atoms with E-state index in [4.69, 9.17) is 5.26 Å². The predicted octanol–water partition coefficient (Wildman–Crippen LogP) is 3.09. The Kier molecular flexibility index (Phi) is 3.98. The Morgan fingerprint density at radius 3 is 2.79 bits per heavy atom. The van der Waals surface area contributed by atoms with Crippen LogP contribution in [0.4, 0.5) is 5.69 Å². The third-order valence-corrected chi connectivity index (χ3v) is 5.14. The molecule has 0 bridgehead atoms. The van der Waals surface area contributed by atoms with Crippen LogP contribution in [0.5, 0.6) is 0 Å². The van der Waals surface area contributed by atoms with E-state index in [9.17, 15) is 4.79 Å². The Balaban J connectivity index is 1.42. The van der Waals surface area contributed by atoms with Gasteiger partial charge in [0, 0.05) is 12.0 Å². The molecule has 2 aliphatic carbocycles. The topological polar surface area (TPSA) is 83.6 Å². The Bertz CT molecular complexity index is 817. The van der Waals surface area contributed by atoms with E-state index in [1.165, 1.54) is 37.4 Å². The van der Waals surface area contributed by atoms with Crippen molar-refractivity contribution < 1.29 is 4.79 Å². The van der Waals surface area contributed by atoms with Gasteiger partial charge in [-0.05, 0) is 37.8 Å². The maximum absolute atomic E-state index is 12.2. The number of carbonyl (C=O) groups is 1. The maximum atomic E-state index is 12.2. The highest BCUT2D eigenvalue weighted by Crippen LogP contribution is 2.45. The summed E-state index contributed by atoms with van der Waals surface area (Å²) in [7, 11) is 0. The molecule has 0 saturated heterocycles. The average Bonchev–Trinajstić information content (AvgIpc) is 3.52. The summed E-state index contributed by atoms with van der Waals surface area (Å²) in [4.78, 5) is 12.2. The number of carbonyl (C=O) groups excluding carboxylic acids is 1. The summed E-state index contributed by atoms with van der Waals surface area (Å²) in [6, 6.07) is 9.60. The number of amides is 1. The van der Waals surface area contributed by atoms with Gasteiger partial charge in [0.1, 0.15) is 11.9 Å². The number of benzene rings is 1. The number of thioether (sulfide) groups is 1. The summed E-state index contributed by atoms with van der Waals surface area (Å²) >= 11 is 1.42. The third kappa shape index (κ3) is 3.15. The highest BCUT2D eigenvalue weighted by Gasteiger charge is 2.36. The number of anilines is 1. The lowest BCUT2D eigenvalue weighted by atomic mass is 10.2. The first kappa shape index (κ1) is 15.2. The molecule has 4 rings (SSSR count). The Labute approximate surface area is 144 Å². The molecule has 1 N–H and O–H groups in total. The van der Waals surface area contributed by atoms with E-state index < -0.39 is 0 Å². The Hall–Kier alpha value is -2.33. The lowest BCUT2D eigenvalue weighted by Crippen LogP contribution is -2.15. The van der Waals surface area contributed by atoms with E-state index in [-0.39, 0.29) is 11.7 Å². The molecule has 6 nitrogen and oxygen atoms in total. The van der Waals surface area contributed by atoms with E-state index >= 15 is 0 Å². The van der Waals surface area contributed by atoms with Crippen LogP contribution < -0.4 is 5.32 Å². The van der Waals surface area contributed by atoms with Crippen LogP contribution >= 0.6 is 11.8 Å². The van der Waals surface area contributed by atoms with Gasteiger partial charge in [0.25, 0.3) is 0 Å². The zero-order chi connectivity index (χ0) is 16.5. The normalized spacial score (nSPS) is 16.6. The van der Waals surface area contributed by atoms with Crippen molar-refractivity contribution >= 4 is 23.4 Å². The van der Waals surface area contributed by atoms with Crippen molar-refractivity contribution in [3.8, 4) is 6.07 Å². The second kappa shape index (κ2) is 6.29. The highest BCUT2D eigenvalue weighted by atomic mass is 32.2. The van der Waals surface area contributed by atoms with Gasteiger partial charge >= 0.3 is 0 Å². The van der Waals surface area contributed by atoms with Crippen molar-refractivity contribution in [2.24, 2.45) is 0 Å². The van der Waals surface area contributed by atoms with Gasteiger partial charge in [0.15, 0.2) is 5.16 Å². The second-order valence-corrected chi connectivity index (χ2v) is 7.15. The number of aromatic nitrogens is 3. The standard InChI is InChI=1S/C17H17N5OS/c18-9-12-3-1-2-4-14(12)19-15(23)10-24-17-21-20-16(11-5-6-11)22(17)13-7-8-13/h1-4,11,13H,5-8,10H2,(H,19,23). The molecular weight excluding hydrogens is 322 g/mol. The SMILES string of the molecule is N#Cc1ccccc1NC(=O)CSc1nnc(C2CC2)n1C1CC1. The van der Waals surface area contributed by atoms with Crippen molar-refractivity contribution in [3.05, 3.63) is 35.7 Å². The van der Waals surface area contributed by atoms with Crippen molar-refractivity contribution in [2.45, 2.75) is 42.8 Å². The first-order valence-corrected chi connectivity index (χ1v) is 9.11. The van der Waals surface area contributed by atoms with Crippen LogP contribution in [-0.2, 0) is 4.79 Å². The van der Waals surface area contributed by atoms with Crippen LogP contribution in [0.2, 0.25) is 0 Å². The van der Waals surface area contributed by atoms with Gasteiger partial charge in [-0.25, -0.2) is 0 Å². The van der Waals surface area contributed by atoms with E-state index in [1.54, 1.807) is 24.3 Å². The van der Waals surface area contributed by atoms with Crippen molar-refractivity contribution in [1.29, 1.82) is 5.26 Å². The second-order valence-electron chi connectivity index (χ2n) is 6.21. The molecule has 0 unspecified atom stereocenters. The molecule has 1 heterocycles. The smallest absolute Gasteiger partial charge is 0.234 e. The molecule has 2 saturated carbocycles. The third-order valence-electron chi connectivity index (χ3n) is 4.20. The zero-order valence-corrected chi connectivity index (χ0v) is 13.9. The van der Waals surface area contributed by atoms with Gasteiger partial charge in [0.2, 0.25) is 5.91 Å². The zero-order valence-electron chi connectivity index (χ0n) is 13.1. The minimum atomic E-state index is -0.138. The highest BCUT2D eigenvalue weighted by molar-refractivity contribution is 7.99. The number of hydrogen-bond donors (Lipinski definition) is 1. The van der Waals surface area contributed by atoms with Gasteiger partial charge in [-0.3, -0.25) is 4.79 Å². The molecule has 0 spiro atoms. The summed E-state index contributed by atoms with van der Waals surface area (Å²) in [5.74, 6) is 1.77. The van der Waals surface area contributed by atoms with Crippen LogP contribution in [0.15, 0.2) is 29.4 Å². The summed E-state index contributed by atoms with van der Waals surface area (Å²) in [6.07, 6.45) is 4.74. The minimum Gasteiger partial charge on any atom is -0.324 e. The molecular formula is C17H17N5OS. The molecule has 2 aliphatic rings. The fourth-order valence-corrected chi connectivity index (χ4v) is 3.50. The van der Waals surface area contributed by atoms with Crippen LogP contribution in [0.1, 0.15) is 49.0 Å². The van der Waals surface area contributed by atoms with E-state index in [2.05, 4.69) is 26.2 Å². The molecule has 0 atom stereocenters. The lowest BCUT2D eigenvalue weighted by molar-refractivity contribution is -0.113. The van der Waals surface area contributed by atoms with Gasteiger partial charge in [-0.2, -0.15) is 5.26 Å². The first-order chi connectivity index (χ1) is 11.8. The molecule has 1 amide bonds. The quantitative estimate of drug-likeness (QED) is 0.818. The minimum absolute atomic E-state index is 0.138. The van der Waals surface area contributed by atoms with E-state index in [0.29, 0.717) is 23.2 Å². The Morgan fingerprint density at radius 2 is 2.08 bits per heavy atom. The van der Waals surface area contributed by atoms with Crippen LogP contribution in [0, 0.1) is 11.3 Å². The Morgan fingerprint density at radius 1 is 1.29 bits per heavy atom. The maximum Gasteiger partial charge on any atom is 0.234 e. The number of nitrogens with one attached hydrogen (secondary N) is 1. The molecule has 1 aromatic carbocycles. The number of para-hydroxylation sites is 1. The molecule has 2 fully saturated rings. The molecule has 7 heteroatoms. The van der Waals surface area contributed by atoms with Crippen molar-refractivity contribution in [2.75, 3.05) is 11.1 Å². The van der Waals surface area contributed by atoms with Gasteiger partial charge in [0.05, 0.1) is 17.0 Å². The molecule has 122 valence electrons. The molecule has 2 aromatic rings. The summed E-state index contributed by atoms with van der Waals surface area (Å²) < 4.78 is 2.23. The van der Waals surface area contributed by atoms with Crippen LogP contribution in [-0.4, -0.2) is 26.4 Å². The molecule has 24 heavy (non-hydrogen) atoms. The van der Waals surface area contributed by atoms with Crippen LogP contribution in [0.3, 0.4) is 0 Å². The fourth-order valence-electron chi connectivity index (χ4n) is 2.69. The van der Waals surface area contributed by atoms with Gasteiger partial charge in [-0.1, -0.05) is 23.9 Å². The summed E-state index contributed by atoms with van der Waals surface area (Å²) in [5.41, 5.74) is 1.01.